The van der Waals surface area contributed by atoms with Crippen LogP contribution in [0.1, 0.15) is 13.8 Å². The van der Waals surface area contributed by atoms with Crippen molar-refractivity contribution in [1.82, 2.24) is 0 Å². The van der Waals surface area contributed by atoms with Crippen LogP contribution in [-0.4, -0.2) is 54.4 Å². The summed E-state index contributed by atoms with van der Waals surface area (Å²) in [5.74, 6) is -56.1. The molecule has 0 aliphatic heterocycles. The van der Waals surface area contributed by atoms with Crippen molar-refractivity contribution in [2.45, 2.75) is 55.6 Å². The van der Waals surface area contributed by atoms with Gasteiger partial charge >= 0.3 is 53.8 Å². The van der Waals surface area contributed by atoms with Crippen molar-refractivity contribution in [2.24, 2.45) is 5.92 Å². The maximum atomic E-state index is 14.0. The molecule has 1 aromatic rings. The molecule has 0 fully saturated rings. The van der Waals surface area contributed by atoms with Crippen LogP contribution < -0.4 is 10.1 Å². The summed E-state index contributed by atoms with van der Waals surface area (Å²) in [7, 11) is 0. The number of allylic oxidation sites excluding steroid dienone is 1. The van der Waals surface area contributed by atoms with Crippen LogP contribution in [0.2, 0.25) is 0 Å². The third kappa shape index (κ3) is 6.21. The number of anilines is 1. The molecule has 1 aromatic carbocycles. The first-order chi connectivity index (χ1) is 18.1. The van der Waals surface area contributed by atoms with Gasteiger partial charge in [0.2, 0.25) is 5.83 Å². The molecule has 1 amide bonds. The van der Waals surface area contributed by atoms with Gasteiger partial charge in [0.25, 0.3) is 0 Å². The molecule has 0 atom stereocenters. The van der Waals surface area contributed by atoms with Gasteiger partial charge in [0.05, 0.1) is 12.3 Å². The van der Waals surface area contributed by atoms with Crippen LogP contribution in [0.4, 0.5) is 85.1 Å². The molecule has 0 bridgehead atoms. The summed E-state index contributed by atoms with van der Waals surface area (Å²) < 4.78 is 235. The smallest absolute Gasteiger partial charge is 0.449 e. The van der Waals surface area contributed by atoms with Crippen molar-refractivity contribution in [3.05, 3.63) is 36.1 Å². The largest absolute Gasteiger partial charge is 0.460 e. The molecule has 0 saturated heterocycles. The van der Waals surface area contributed by atoms with Crippen LogP contribution in [0.25, 0.3) is 0 Å². The Morgan fingerprint density at radius 3 is 1.63 bits per heavy atom. The summed E-state index contributed by atoms with van der Waals surface area (Å²) in [6.07, 6.45) is -9.17. The first-order valence-electron chi connectivity index (χ1n) is 10.2. The second-order valence-corrected chi connectivity index (χ2v) is 8.25. The van der Waals surface area contributed by atoms with Crippen LogP contribution in [-0.2, 0) is 4.74 Å². The van der Waals surface area contributed by atoms with Crippen LogP contribution in [0.15, 0.2) is 36.1 Å². The van der Waals surface area contributed by atoms with Crippen LogP contribution in [0.5, 0.6) is 5.75 Å². The molecule has 236 valence electrons. The lowest BCUT2D eigenvalue weighted by molar-refractivity contribution is -0.451. The Morgan fingerprint density at radius 1 is 0.732 bits per heavy atom. The molecule has 21 heteroatoms. The minimum absolute atomic E-state index is 0.244. The number of benzene rings is 1. The van der Waals surface area contributed by atoms with Gasteiger partial charge in [-0.05, 0) is 18.1 Å². The maximum absolute atomic E-state index is 14.0. The molecular weight excluding hydrogens is 625 g/mol. The zero-order valence-electron chi connectivity index (χ0n) is 19.7. The van der Waals surface area contributed by atoms with Gasteiger partial charge in [0, 0.05) is 0 Å². The normalized spacial score (nSPS) is 15.0. The summed E-state index contributed by atoms with van der Waals surface area (Å²) >= 11 is 0. The van der Waals surface area contributed by atoms with Crippen molar-refractivity contribution in [3.63, 3.8) is 0 Å². The highest BCUT2D eigenvalue weighted by Crippen LogP contribution is 2.63. The molecule has 0 unspecified atom stereocenters. The van der Waals surface area contributed by atoms with Crippen molar-refractivity contribution in [3.8, 4) is 5.75 Å². The van der Waals surface area contributed by atoms with E-state index < -0.39 is 71.1 Å². The summed E-state index contributed by atoms with van der Waals surface area (Å²) in [5.41, 5.74) is -0.801. The standard InChI is InChI=1S/C20H14F17NO3/c1-8(2)7-40-13(39)38-9-5-3-4-6-10(9)41-12(22)11(21)14(23,24)15(25,26)16(27,28)17(29,30)18(31,32)19(33,34)20(35,36)37/h3-6,8H,7H2,1-2H3,(H,38,39). The summed E-state index contributed by atoms with van der Waals surface area (Å²) in [5, 5.41) is 1.77. The van der Waals surface area contributed by atoms with Crippen molar-refractivity contribution in [1.29, 1.82) is 0 Å². The van der Waals surface area contributed by atoms with Crippen LogP contribution in [0.3, 0.4) is 0 Å². The van der Waals surface area contributed by atoms with Crippen molar-refractivity contribution < 1.29 is 88.9 Å². The highest BCUT2D eigenvalue weighted by molar-refractivity contribution is 5.86. The highest BCUT2D eigenvalue weighted by atomic mass is 19.4. The molecule has 0 aromatic heterocycles. The minimum atomic E-state index is -8.68. The predicted molar refractivity (Wildman–Crippen MR) is 102 cm³/mol. The third-order valence-corrected chi connectivity index (χ3v) is 4.65. The number of halogens is 17. The zero-order chi connectivity index (χ0) is 32.6. The van der Waals surface area contributed by atoms with Crippen molar-refractivity contribution >= 4 is 11.8 Å². The van der Waals surface area contributed by atoms with Gasteiger partial charge in [-0.25, -0.2) is 4.79 Å². The van der Waals surface area contributed by atoms with Crippen LogP contribution in [0, 0.1) is 5.92 Å². The number of carbonyl (C=O) groups is 1. The predicted octanol–water partition coefficient (Wildman–Crippen LogP) is 8.75. The van der Waals surface area contributed by atoms with E-state index in [9.17, 15) is 79.4 Å². The van der Waals surface area contributed by atoms with E-state index in [1.165, 1.54) is 0 Å². The first kappa shape index (κ1) is 35.9. The molecule has 0 heterocycles. The average Bonchev–Trinajstić information content (AvgIpc) is 2.81. The quantitative estimate of drug-likeness (QED) is 0.195. The molecule has 0 aliphatic carbocycles. The number of amides is 1. The zero-order valence-corrected chi connectivity index (χ0v) is 19.7. The van der Waals surface area contributed by atoms with E-state index in [-0.39, 0.29) is 12.5 Å². The Labute approximate surface area is 217 Å². The van der Waals surface area contributed by atoms with E-state index in [1.54, 1.807) is 19.2 Å². The number of para-hydroxylation sites is 2. The first-order valence-corrected chi connectivity index (χ1v) is 10.2. The number of rotatable bonds is 11. The van der Waals surface area contributed by atoms with E-state index in [4.69, 9.17) is 0 Å². The molecule has 1 rings (SSSR count). The van der Waals surface area contributed by atoms with E-state index >= 15 is 0 Å². The second kappa shape index (κ2) is 11.3. The van der Waals surface area contributed by atoms with Crippen molar-refractivity contribution in [2.75, 3.05) is 11.9 Å². The molecule has 0 radical (unpaired) electrons. The van der Waals surface area contributed by atoms with Gasteiger partial charge in [-0.3, -0.25) is 5.32 Å². The number of hydrogen-bond acceptors (Lipinski definition) is 3. The Bertz CT molecular complexity index is 1130. The highest BCUT2D eigenvalue weighted by Gasteiger charge is 2.93. The topological polar surface area (TPSA) is 47.6 Å². The molecule has 0 spiro atoms. The average molecular weight is 639 g/mol. The number of ether oxygens (including phenoxy) is 2. The lowest BCUT2D eigenvalue weighted by Gasteiger charge is -2.41. The molecule has 0 saturated carbocycles. The summed E-state index contributed by atoms with van der Waals surface area (Å²) in [6, 6.07) is -0.572. The Kier molecular flexibility index (Phi) is 9.85. The second-order valence-electron chi connectivity index (χ2n) is 8.25. The summed E-state index contributed by atoms with van der Waals surface area (Å²) in [6.45, 7) is 2.88. The number of alkyl halides is 15. The Morgan fingerprint density at radius 2 is 1.17 bits per heavy atom. The molecule has 41 heavy (non-hydrogen) atoms. The lowest BCUT2D eigenvalue weighted by Crippen LogP contribution is -2.72. The number of nitrogens with one attached hydrogen (secondary N) is 1. The fourth-order valence-corrected chi connectivity index (χ4v) is 2.42. The Balaban J connectivity index is 3.51. The fourth-order valence-electron chi connectivity index (χ4n) is 2.42. The number of carbonyl (C=O) groups excluding carboxylic acids is 1. The monoisotopic (exact) mass is 639 g/mol. The maximum Gasteiger partial charge on any atom is 0.460 e. The molecule has 4 nitrogen and oxygen atoms in total. The molecule has 1 N–H and O–H groups in total. The fraction of sp³-hybridized carbons (Fsp3) is 0.550. The lowest BCUT2D eigenvalue weighted by atomic mass is 9.91. The molecule has 0 aliphatic rings. The van der Waals surface area contributed by atoms with Gasteiger partial charge in [0.1, 0.15) is 0 Å². The summed E-state index contributed by atoms with van der Waals surface area (Å²) in [4.78, 5) is 11.7. The van der Waals surface area contributed by atoms with Gasteiger partial charge in [-0.2, -0.15) is 74.6 Å². The Hall–Kier alpha value is -3.16. The van der Waals surface area contributed by atoms with E-state index in [1.807, 2.05) is 0 Å². The van der Waals surface area contributed by atoms with E-state index in [0.717, 1.165) is 18.2 Å². The van der Waals surface area contributed by atoms with Gasteiger partial charge < -0.3 is 9.47 Å². The SMILES string of the molecule is CC(C)COC(=O)Nc1ccccc1OC(F)=C(F)C(F)(F)C(F)(F)C(F)(F)C(F)(F)C(F)(F)C(F)(F)C(F)(F)F. The van der Waals surface area contributed by atoms with Crippen LogP contribution >= 0.6 is 0 Å². The number of hydrogen-bond donors (Lipinski definition) is 1. The van der Waals surface area contributed by atoms with Gasteiger partial charge in [-0.1, -0.05) is 26.0 Å². The molecular formula is C20H14F17NO3. The van der Waals surface area contributed by atoms with E-state index in [2.05, 4.69) is 9.47 Å². The third-order valence-electron chi connectivity index (χ3n) is 4.65. The van der Waals surface area contributed by atoms with E-state index in [0.29, 0.717) is 6.07 Å². The van der Waals surface area contributed by atoms with Gasteiger partial charge in [0.15, 0.2) is 5.75 Å². The minimum Gasteiger partial charge on any atom is -0.449 e. The van der Waals surface area contributed by atoms with Gasteiger partial charge in [-0.15, -0.1) is 0 Å².